The van der Waals surface area contributed by atoms with Crippen LogP contribution in [0.3, 0.4) is 0 Å². The fourth-order valence-electron chi connectivity index (χ4n) is 10.8. The lowest BCUT2D eigenvalue weighted by Crippen LogP contribution is -2.39. The van der Waals surface area contributed by atoms with Gasteiger partial charge in [0.25, 0.3) is 16.7 Å². The standard InChI is InChI=1S/C24H22ClF3N4O3S.C23H20ClF3N4O4S.C17H18BrClN4O2.C7H5F3OS/c1-3-4-12-31-21(33)19-20(30(2)23(31)34)29-22(32(19)14-15-8-10-16(25)11-9-15)36-18-7-5-6-17(13-18)35-24(26,27)28;1-29-19-18(20(33)30(22(29)34)10-3-11-32)31(13-14-6-8-15(24)9-7-14)21(28-19)36-17-5-2-4-16(12-17)35-23(25,26)27;1-3-4-9-22-15(24)13-14(21(2)17(22)25)20-16(18)23(13)10-11-5-7-12(19)8-6-11;8-7(9,10)11-5-2-1-3-6(12)4-5/h5-11,13H,3-4,12,14H2,1-2H3;2,4-9,12,32H,3,10-11,13H2,1H3;5-8H,3-4,9-10H2,1-2H3;1-4,12H. The summed E-state index contributed by atoms with van der Waals surface area (Å²) in [5, 5.41) is 11.5. The molecule has 0 unspecified atom stereocenters. The van der Waals surface area contributed by atoms with E-state index < -0.39 is 47.3 Å². The molecule has 38 heteroatoms. The number of rotatable bonds is 22. The lowest BCUT2D eigenvalue weighted by Gasteiger charge is -2.12. The lowest BCUT2D eigenvalue weighted by atomic mass is 10.2. The number of hydrogen-bond donors (Lipinski definition) is 2. The van der Waals surface area contributed by atoms with Crippen molar-refractivity contribution in [3.05, 3.63) is 245 Å². The summed E-state index contributed by atoms with van der Waals surface area (Å²) in [5.41, 5.74) is 1.32. The van der Waals surface area contributed by atoms with E-state index in [1.54, 1.807) is 107 Å². The molecule has 6 aromatic carbocycles. The van der Waals surface area contributed by atoms with E-state index in [9.17, 15) is 73.4 Å². The Bertz CT molecular complexity index is 5380. The van der Waals surface area contributed by atoms with E-state index >= 15 is 0 Å². The molecular weight excluding hydrogens is 1630 g/mol. The van der Waals surface area contributed by atoms with Gasteiger partial charge in [0.2, 0.25) is 0 Å². The normalized spacial score (nSPS) is 11.7. The number of aliphatic hydroxyl groups is 1. The van der Waals surface area contributed by atoms with Crippen molar-refractivity contribution in [3.63, 3.8) is 0 Å². The maximum Gasteiger partial charge on any atom is 0.573 e. The van der Waals surface area contributed by atoms with E-state index in [2.05, 4.69) is 57.7 Å². The van der Waals surface area contributed by atoms with Crippen molar-refractivity contribution in [1.29, 1.82) is 0 Å². The van der Waals surface area contributed by atoms with Crippen LogP contribution in [0.1, 0.15) is 62.6 Å². The number of halogens is 13. The molecule has 578 valence electrons. The third-order valence-corrected chi connectivity index (χ3v) is 19.5. The van der Waals surface area contributed by atoms with Crippen LogP contribution in [0.2, 0.25) is 15.1 Å². The van der Waals surface area contributed by atoms with Crippen LogP contribution in [0.15, 0.2) is 204 Å². The Balaban J connectivity index is 0.000000177. The molecule has 0 aliphatic rings. The maximum absolute atomic E-state index is 13.5. The van der Waals surface area contributed by atoms with Gasteiger partial charge >= 0.3 is 36.2 Å². The van der Waals surface area contributed by atoms with Crippen LogP contribution in [0.4, 0.5) is 39.5 Å². The number of fused-ring (bicyclic) bond motifs is 3. The van der Waals surface area contributed by atoms with Gasteiger partial charge in [-0.2, -0.15) is 0 Å². The number of aliphatic hydroxyl groups excluding tert-OH is 1. The monoisotopic (exact) mass is 1700 g/mol. The summed E-state index contributed by atoms with van der Waals surface area (Å²) >= 11 is 27.3. The number of ether oxygens (including phenoxy) is 3. The fourth-order valence-corrected chi connectivity index (χ4v) is 13.7. The summed E-state index contributed by atoms with van der Waals surface area (Å²) in [5.74, 6) is -1.02. The number of imidazole rings is 3. The highest BCUT2D eigenvalue weighted by Crippen LogP contribution is 2.36. The number of aromatic nitrogens is 12. The molecule has 6 aromatic heterocycles. The van der Waals surface area contributed by atoms with Crippen LogP contribution in [-0.4, -0.2) is 86.9 Å². The van der Waals surface area contributed by atoms with E-state index in [1.165, 1.54) is 84.5 Å². The molecule has 0 saturated carbocycles. The molecule has 12 rings (SSSR count). The molecule has 22 nitrogen and oxygen atoms in total. The number of unbranched alkanes of at least 4 members (excludes halogenated alkanes) is 2. The number of thiol groups is 1. The Morgan fingerprint density at radius 3 is 1.08 bits per heavy atom. The van der Waals surface area contributed by atoms with Gasteiger partial charge in [-0.25, -0.2) is 29.3 Å². The van der Waals surface area contributed by atoms with Gasteiger partial charge in [-0.05, 0) is 143 Å². The van der Waals surface area contributed by atoms with Crippen LogP contribution in [0, 0.1) is 0 Å². The largest absolute Gasteiger partial charge is 0.573 e. The number of hydrogen-bond acceptors (Lipinski definition) is 16. The second kappa shape index (κ2) is 36.6. The Labute approximate surface area is 650 Å². The van der Waals surface area contributed by atoms with E-state index in [0.717, 1.165) is 64.0 Å². The molecule has 6 heterocycles. The highest BCUT2D eigenvalue weighted by molar-refractivity contribution is 9.10. The van der Waals surface area contributed by atoms with Gasteiger partial charge in [0, 0.05) is 77.1 Å². The van der Waals surface area contributed by atoms with E-state index in [4.69, 9.17) is 34.8 Å². The summed E-state index contributed by atoms with van der Waals surface area (Å²) in [6, 6.07) is 37.6. The van der Waals surface area contributed by atoms with Crippen molar-refractivity contribution in [1.82, 2.24) is 56.1 Å². The minimum absolute atomic E-state index is 0.0172. The summed E-state index contributed by atoms with van der Waals surface area (Å²) in [4.78, 5) is 92.6. The zero-order valence-corrected chi connectivity index (χ0v) is 64.4. The molecule has 0 aliphatic carbocycles. The summed E-state index contributed by atoms with van der Waals surface area (Å²) in [6.07, 6.45) is -11.0. The fraction of sp³-hybridized carbons (Fsp3) is 0.282. The summed E-state index contributed by atoms with van der Waals surface area (Å²) in [6.45, 7) is 5.34. The first kappa shape index (κ1) is 83.9. The van der Waals surface area contributed by atoms with Gasteiger partial charge in [0.15, 0.2) is 48.5 Å². The zero-order valence-electron chi connectivity index (χ0n) is 58.0. The van der Waals surface area contributed by atoms with Crippen LogP contribution in [-0.2, 0) is 60.4 Å². The van der Waals surface area contributed by atoms with E-state index in [0.29, 0.717) is 70.3 Å². The molecule has 0 saturated heterocycles. The van der Waals surface area contributed by atoms with Gasteiger partial charge < -0.3 is 33.0 Å². The predicted molar refractivity (Wildman–Crippen MR) is 403 cm³/mol. The average Bonchev–Trinajstić information content (AvgIpc) is 1.64. The smallest absolute Gasteiger partial charge is 0.406 e. The Hall–Kier alpha value is -9.10. The molecule has 0 amide bonds. The van der Waals surface area contributed by atoms with E-state index in [1.807, 2.05) is 26.0 Å². The second-order valence-corrected chi connectivity index (χ2v) is 28.4. The molecule has 0 radical (unpaired) electrons. The van der Waals surface area contributed by atoms with Crippen molar-refractivity contribution in [2.45, 2.75) is 129 Å². The Morgan fingerprint density at radius 1 is 0.440 bits per heavy atom. The molecule has 1 N–H and O–H groups in total. The first-order chi connectivity index (χ1) is 51.5. The van der Waals surface area contributed by atoms with Gasteiger partial charge in [-0.15, -0.1) is 52.1 Å². The van der Waals surface area contributed by atoms with Crippen molar-refractivity contribution in [3.8, 4) is 17.2 Å². The first-order valence-corrected chi connectivity index (χ1v) is 36.8. The molecular formula is C71H65BrCl3F9N12O10S3. The molecule has 109 heavy (non-hydrogen) atoms. The SMILES string of the molecule is CCCCn1c(=O)c2c(nc(Br)n2Cc2ccc(Cl)cc2)n(C)c1=O.CCCCn1c(=O)c2c(nc(Sc3cccc(OC(F)(F)F)c3)n2Cc2ccc(Cl)cc2)n(C)c1=O.Cn1c(=O)n(CCCO)c(=O)c2c1nc(Sc1cccc(OC(F)(F)F)c1)n2Cc1ccc(Cl)cc1.FC(F)(F)Oc1cccc(S)c1. The number of nitrogens with zero attached hydrogens (tertiary/aromatic N) is 12. The van der Waals surface area contributed by atoms with Crippen molar-refractivity contribution in [2.24, 2.45) is 21.1 Å². The lowest BCUT2D eigenvalue weighted by molar-refractivity contribution is -0.275. The van der Waals surface area contributed by atoms with Crippen molar-refractivity contribution >= 4 is 120 Å². The van der Waals surface area contributed by atoms with Gasteiger partial charge in [0.05, 0.1) is 19.6 Å². The predicted octanol–water partition coefficient (Wildman–Crippen LogP) is 15.5. The van der Waals surface area contributed by atoms with Gasteiger partial charge in [-0.3, -0.25) is 41.8 Å². The first-order valence-electron chi connectivity index (χ1n) is 32.8. The number of aryl methyl sites for hydroxylation is 3. The van der Waals surface area contributed by atoms with Gasteiger partial charge in [0.1, 0.15) is 17.2 Å². The Morgan fingerprint density at radius 2 is 0.752 bits per heavy atom. The second-order valence-electron chi connectivity index (χ2n) is 23.8. The minimum Gasteiger partial charge on any atom is -0.406 e. The summed E-state index contributed by atoms with van der Waals surface area (Å²) in [7, 11) is 4.66. The average molecular weight is 1700 g/mol. The maximum atomic E-state index is 13.5. The third-order valence-electron chi connectivity index (χ3n) is 15.9. The Kier molecular flexibility index (Phi) is 28.2. The van der Waals surface area contributed by atoms with Crippen molar-refractivity contribution < 1.29 is 58.8 Å². The quantitative estimate of drug-likeness (QED) is 0.0365. The molecule has 0 atom stereocenters. The topological polar surface area (TPSA) is 233 Å². The number of alkyl halides is 9. The molecule has 0 bridgehead atoms. The van der Waals surface area contributed by atoms with Gasteiger partial charge in [-0.1, -0.05) is 140 Å². The third kappa shape index (κ3) is 21.9. The highest BCUT2D eigenvalue weighted by Gasteiger charge is 2.34. The van der Waals surface area contributed by atoms with Crippen molar-refractivity contribution in [2.75, 3.05) is 6.61 Å². The summed E-state index contributed by atoms with van der Waals surface area (Å²) < 4.78 is 136. The van der Waals surface area contributed by atoms with Crippen LogP contribution >= 0.6 is 86.9 Å². The van der Waals surface area contributed by atoms with Crippen LogP contribution < -0.4 is 48.0 Å². The minimum atomic E-state index is -4.84. The molecule has 0 aliphatic heterocycles. The van der Waals surface area contributed by atoms with Crippen LogP contribution in [0.25, 0.3) is 33.5 Å². The zero-order chi connectivity index (χ0) is 79.4. The molecule has 0 spiro atoms. The van der Waals surface area contributed by atoms with E-state index in [-0.39, 0.29) is 89.4 Å². The highest BCUT2D eigenvalue weighted by atomic mass is 79.9. The molecule has 12 aromatic rings. The molecule has 0 fully saturated rings. The number of benzene rings is 6. The van der Waals surface area contributed by atoms with Crippen LogP contribution in [0.5, 0.6) is 17.2 Å².